The molecule has 5 aliphatic rings. The average Bonchev–Trinajstić information content (AvgIpc) is 3.72. The SMILES string of the molecule is C/C=C/C(=O)N1CCc2c(C#N)c(N3CCN(C(=O)C4CC4)[C@H](C4CC4)C3)nc(C3CC3)c2C1. The summed E-state index contributed by atoms with van der Waals surface area (Å²) in [6.07, 6.45) is 10.8. The van der Waals surface area contributed by atoms with Gasteiger partial charge in [-0.25, -0.2) is 4.98 Å². The van der Waals surface area contributed by atoms with Crippen LogP contribution in [-0.2, 0) is 22.6 Å². The molecule has 1 aromatic rings. The van der Waals surface area contributed by atoms with Gasteiger partial charge in [-0.15, -0.1) is 0 Å². The fraction of sp³-hybridized carbons (Fsp3) is 0.630. The Hall–Kier alpha value is -2.88. The first-order valence-electron chi connectivity index (χ1n) is 13.0. The number of piperazine rings is 1. The highest BCUT2D eigenvalue weighted by atomic mass is 16.2. The summed E-state index contributed by atoms with van der Waals surface area (Å²) in [5.41, 5.74) is 3.99. The smallest absolute Gasteiger partial charge is 0.246 e. The second-order valence-corrected chi connectivity index (χ2v) is 10.7. The van der Waals surface area contributed by atoms with Crippen LogP contribution in [0.1, 0.15) is 73.8 Å². The van der Waals surface area contributed by atoms with Crippen molar-refractivity contribution in [1.82, 2.24) is 14.8 Å². The van der Waals surface area contributed by atoms with Crippen LogP contribution in [0.3, 0.4) is 0 Å². The molecule has 178 valence electrons. The minimum absolute atomic E-state index is 0.0289. The van der Waals surface area contributed by atoms with E-state index in [1.807, 2.05) is 11.8 Å². The summed E-state index contributed by atoms with van der Waals surface area (Å²) in [6.45, 7) is 5.27. The molecule has 34 heavy (non-hydrogen) atoms. The minimum Gasteiger partial charge on any atom is -0.352 e. The number of pyridine rings is 1. The van der Waals surface area contributed by atoms with E-state index >= 15 is 0 Å². The molecule has 0 unspecified atom stereocenters. The molecule has 0 bridgehead atoms. The van der Waals surface area contributed by atoms with Gasteiger partial charge in [0, 0.05) is 44.6 Å². The third-order valence-electron chi connectivity index (χ3n) is 8.20. The Kier molecular flexibility index (Phi) is 5.35. The van der Waals surface area contributed by atoms with Gasteiger partial charge in [-0.3, -0.25) is 9.59 Å². The van der Waals surface area contributed by atoms with Crippen LogP contribution in [0.4, 0.5) is 5.82 Å². The quantitative estimate of drug-likeness (QED) is 0.632. The number of amides is 2. The largest absolute Gasteiger partial charge is 0.352 e. The molecule has 2 aliphatic heterocycles. The van der Waals surface area contributed by atoms with E-state index in [1.54, 1.807) is 12.2 Å². The number of hydrogen-bond donors (Lipinski definition) is 0. The zero-order valence-electron chi connectivity index (χ0n) is 20.0. The molecule has 0 N–H and O–H groups in total. The van der Waals surface area contributed by atoms with Crippen molar-refractivity contribution in [2.24, 2.45) is 11.8 Å². The fourth-order valence-corrected chi connectivity index (χ4v) is 5.85. The third kappa shape index (κ3) is 3.87. The molecule has 0 radical (unpaired) electrons. The van der Waals surface area contributed by atoms with Gasteiger partial charge >= 0.3 is 0 Å². The molecule has 1 aromatic heterocycles. The van der Waals surface area contributed by atoms with Crippen molar-refractivity contribution in [3.05, 3.63) is 34.5 Å². The second-order valence-electron chi connectivity index (χ2n) is 10.7. The molecule has 3 aliphatic carbocycles. The summed E-state index contributed by atoms with van der Waals surface area (Å²) >= 11 is 0. The zero-order valence-corrected chi connectivity index (χ0v) is 20.0. The molecular weight excluding hydrogens is 426 g/mol. The summed E-state index contributed by atoms with van der Waals surface area (Å²) in [6, 6.07) is 2.74. The summed E-state index contributed by atoms with van der Waals surface area (Å²) in [5, 5.41) is 10.2. The first-order chi connectivity index (χ1) is 16.6. The summed E-state index contributed by atoms with van der Waals surface area (Å²) < 4.78 is 0. The van der Waals surface area contributed by atoms with Crippen molar-refractivity contribution in [1.29, 1.82) is 5.26 Å². The highest BCUT2D eigenvalue weighted by molar-refractivity contribution is 5.87. The Morgan fingerprint density at radius 2 is 1.85 bits per heavy atom. The molecule has 4 fully saturated rings. The van der Waals surface area contributed by atoms with Crippen LogP contribution < -0.4 is 4.90 Å². The van der Waals surface area contributed by atoms with Crippen LogP contribution in [0.2, 0.25) is 0 Å². The van der Waals surface area contributed by atoms with Crippen molar-refractivity contribution < 1.29 is 9.59 Å². The van der Waals surface area contributed by atoms with Crippen LogP contribution in [0.15, 0.2) is 12.2 Å². The van der Waals surface area contributed by atoms with E-state index in [0.717, 1.165) is 68.0 Å². The molecular formula is C27H33N5O2. The summed E-state index contributed by atoms with van der Waals surface area (Å²) in [7, 11) is 0. The van der Waals surface area contributed by atoms with Crippen LogP contribution in [0.25, 0.3) is 0 Å². The standard InChI is InChI=1S/C27H33N5O2/c1-2-3-24(33)30-11-10-20-21(14-28)26(29-25(18-6-7-18)22(20)15-30)31-12-13-32(27(34)19-8-9-19)23(16-31)17-4-5-17/h2-3,17-19,23H,4-13,15-16H2,1H3/b3-2+/t23-/m0/s1. The van der Waals surface area contributed by atoms with E-state index in [4.69, 9.17) is 4.98 Å². The maximum Gasteiger partial charge on any atom is 0.246 e. The van der Waals surface area contributed by atoms with Crippen LogP contribution in [0, 0.1) is 23.2 Å². The Bertz CT molecular complexity index is 1090. The molecule has 3 saturated carbocycles. The average molecular weight is 460 g/mol. The third-order valence-corrected chi connectivity index (χ3v) is 8.20. The Morgan fingerprint density at radius 3 is 2.50 bits per heavy atom. The number of carbonyl (C=O) groups is 2. The second kappa shape index (κ2) is 8.41. The number of allylic oxidation sites excluding steroid dienone is 1. The number of aromatic nitrogens is 1. The fourth-order valence-electron chi connectivity index (χ4n) is 5.85. The monoisotopic (exact) mass is 459 g/mol. The number of anilines is 1. The molecule has 6 rings (SSSR count). The number of carbonyl (C=O) groups excluding carboxylic acids is 2. The number of rotatable bonds is 5. The topological polar surface area (TPSA) is 80.5 Å². The lowest BCUT2D eigenvalue weighted by Crippen LogP contribution is -2.57. The highest BCUT2D eigenvalue weighted by Gasteiger charge is 2.45. The van der Waals surface area contributed by atoms with Gasteiger partial charge in [-0.1, -0.05) is 6.08 Å². The number of nitrogens with zero attached hydrogens (tertiary/aromatic N) is 5. The lowest BCUT2D eigenvalue weighted by atomic mass is 9.92. The van der Waals surface area contributed by atoms with Crippen molar-refractivity contribution >= 4 is 17.6 Å². The van der Waals surface area contributed by atoms with Crippen LogP contribution >= 0.6 is 0 Å². The van der Waals surface area contributed by atoms with E-state index in [9.17, 15) is 14.9 Å². The van der Waals surface area contributed by atoms with Crippen LogP contribution in [-0.4, -0.2) is 58.8 Å². The van der Waals surface area contributed by atoms with Crippen molar-refractivity contribution in [3.63, 3.8) is 0 Å². The van der Waals surface area contributed by atoms with E-state index in [-0.39, 0.29) is 17.9 Å². The Balaban J connectivity index is 1.33. The van der Waals surface area contributed by atoms with Crippen molar-refractivity contribution in [2.75, 3.05) is 31.1 Å². The van der Waals surface area contributed by atoms with Gasteiger partial charge in [0.2, 0.25) is 11.8 Å². The van der Waals surface area contributed by atoms with Gasteiger partial charge in [-0.05, 0) is 75.0 Å². The van der Waals surface area contributed by atoms with Crippen LogP contribution in [0.5, 0.6) is 0 Å². The number of nitriles is 1. The van der Waals surface area contributed by atoms with E-state index in [2.05, 4.69) is 15.9 Å². The number of hydrogen-bond acceptors (Lipinski definition) is 5. The predicted octanol–water partition coefficient (Wildman–Crippen LogP) is 3.13. The first kappa shape index (κ1) is 21.6. The molecule has 1 saturated heterocycles. The molecule has 0 spiro atoms. The maximum atomic E-state index is 12.9. The van der Waals surface area contributed by atoms with Crippen molar-refractivity contribution in [3.8, 4) is 6.07 Å². The van der Waals surface area contributed by atoms with Gasteiger partial charge in [-0.2, -0.15) is 5.26 Å². The molecule has 1 atom stereocenters. The zero-order chi connectivity index (χ0) is 23.4. The molecule has 7 nitrogen and oxygen atoms in total. The Labute approximate surface area is 201 Å². The van der Waals surface area contributed by atoms with E-state index < -0.39 is 0 Å². The number of fused-ring (bicyclic) bond motifs is 1. The molecule has 7 heteroatoms. The van der Waals surface area contributed by atoms with Crippen molar-refractivity contribution in [2.45, 2.75) is 70.4 Å². The summed E-state index contributed by atoms with van der Waals surface area (Å²) in [5.74, 6) is 2.47. The van der Waals surface area contributed by atoms with Gasteiger partial charge in [0.25, 0.3) is 0 Å². The first-order valence-corrected chi connectivity index (χ1v) is 13.0. The lowest BCUT2D eigenvalue weighted by molar-refractivity contribution is -0.135. The van der Waals surface area contributed by atoms with E-state index in [1.165, 1.54) is 12.8 Å². The lowest BCUT2D eigenvalue weighted by Gasteiger charge is -2.43. The van der Waals surface area contributed by atoms with Gasteiger partial charge in [0.15, 0.2) is 0 Å². The molecule has 0 aromatic carbocycles. The predicted molar refractivity (Wildman–Crippen MR) is 128 cm³/mol. The van der Waals surface area contributed by atoms with Gasteiger partial charge < -0.3 is 14.7 Å². The molecule has 2 amide bonds. The highest BCUT2D eigenvalue weighted by Crippen LogP contribution is 2.45. The summed E-state index contributed by atoms with van der Waals surface area (Å²) in [4.78, 5) is 37.0. The normalized spacial score (nSPS) is 24.8. The van der Waals surface area contributed by atoms with Gasteiger partial charge in [0.1, 0.15) is 11.9 Å². The van der Waals surface area contributed by atoms with Gasteiger partial charge in [0.05, 0.1) is 17.3 Å². The molecule has 3 heterocycles. The Morgan fingerprint density at radius 1 is 1.06 bits per heavy atom. The minimum atomic E-state index is 0.0289. The maximum absolute atomic E-state index is 12.9. The van der Waals surface area contributed by atoms with E-state index in [0.29, 0.717) is 42.8 Å².